The third-order valence-electron chi connectivity index (χ3n) is 3.79. The number of aliphatic hydroxyl groups is 1. The van der Waals surface area contributed by atoms with E-state index < -0.39 is 5.60 Å². The topological polar surface area (TPSA) is 58.6 Å². The number of hydrogen-bond donors (Lipinski definition) is 2. The summed E-state index contributed by atoms with van der Waals surface area (Å²) in [4.78, 5) is 11.8. The van der Waals surface area contributed by atoms with Gasteiger partial charge in [-0.05, 0) is 25.0 Å². The van der Waals surface area contributed by atoms with Crippen molar-refractivity contribution in [2.24, 2.45) is 0 Å². The van der Waals surface area contributed by atoms with Gasteiger partial charge in [0.05, 0.1) is 23.6 Å². The van der Waals surface area contributed by atoms with E-state index in [4.69, 9.17) is 16.3 Å². The maximum atomic E-state index is 11.8. The molecule has 0 unspecified atom stereocenters. The van der Waals surface area contributed by atoms with Crippen LogP contribution in [0.2, 0.25) is 5.02 Å². The Balaban J connectivity index is 1.66. The summed E-state index contributed by atoms with van der Waals surface area (Å²) in [6.07, 6.45) is 4.76. The number of hydrogen-bond acceptors (Lipinski definition) is 3. The number of halogens is 1. The lowest BCUT2D eigenvalue weighted by Crippen LogP contribution is -2.39. The molecule has 0 spiro atoms. The van der Waals surface area contributed by atoms with E-state index >= 15 is 0 Å². The van der Waals surface area contributed by atoms with Gasteiger partial charge in [0.15, 0.2) is 0 Å². The van der Waals surface area contributed by atoms with Gasteiger partial charge in [-0.15, -0.1) is 0 Å². The lowest BCUT2D eigenvalue weighted by Gasteiger charge is -2.31. The molecule has 116 valence electrons. The highest BCUT2D eigenvalue weighted by atomic mass is 35.5. The van der Waals surface area contributed by atoms with Crippen molar-refractivity contribution in [1.29, 1.82) is 0 Å². The van der Waals surface area contributed by atoms with Gasteiger partial charge in [0, 0.05) is 0 Å². The van der Waals surface area contributed by atoms with E-state index in [9.17, 15) is 9.90 Å². The SMILES string of the molecule is O=C(CC1(O)CCCCC1)NCCOc1ccccc1Cl. The average Bonchev–Trinajstić information content (AvgIpc) is 2.45. The zero-order valence-electron chi connectivity index (χ0n) is 12.1. The van der Waals surface area contributed by atoms with E-state index in [-0.39, 0.29) is 12.3 Å². The van der Waals surface area contributed by atoms with Gasteiger partial charge in [0.1, 0.15) is 12.4 Å². The van der Waals surface area contributed by atoms with E-state index in [0.29, 0.717) is 23.9 Å². The smallest absolute Gasteiger partial charge is 0.223 e. The predicted molar refractivity (Wildman–Crippen MR) is 82.6 cm³/mol. The Morgan fingerprint density at radius 1 is 1.29 bits per heavy atom. The monoisotopic (exact) mass is 311 g/mol. The minimum Gasteiger partial charge on any atom is -0.490 e. The summed E-state index contributed by atoms with van der Waals surface area (Å²) in [6, 6.07) is 7.23. The van der Waals surface area contributed by atoms with Crippen LogP contribution in [-0.2, 0) is 4.79 Å². The van der Waals surface area contributed by atoms with Crippen LogP contribution in [0.25, 0.3) is 0 Å². The van der Waals surface area contributed by atoms with Gasteiger partial charge < -0.3 is 15.2 Å². The molecule has 1 amide bonds. The van der Waals surface area contributed by atoms with Gasteiger partial charge in [0.2, 0.25) is 5.91 Å². The highest BCUT2D eigenvalue weighted by Crippen LogP contribution is 2.30. The molecule has 1 fully saturated rings. The Hall–Kier alpha value is -1.26. The van der Waals surface area contributed by atoms with Crippen LogP contribution in [0.5, 0.6) is 5.75 Å². The molecule has 0 heterocycles. The molecular weight excluding hydrogens is 290 g/mol. The van der Waals surface area contributed by atoms with Crippen molar-refractivity contribution in [3.63, 3.8) is 0 Å². The molecule has 1 saturated carbocycles. The highest BCUT2D eigenvalue weighted by molar-refractivity contribution is 6.32. The molecule has 1 aromatic rings. The van der Waals surface area contributed by atoms with Crippen LogP contribution in [0.1, 0.15) is 38.5 Å². The third-order valence-corrected chi connectivity index (χ3v) is 4.10. The Labute approximate surface area is 130 Å². The van der Waals surface area contributed by atoms with Gasteiger partial charge in [-0.25, -0.2) is 0 Å². The molecule has 0 aromatic heterocycles. The summed E-state index contributed by atoms with van der Waals surface area (Å²) in [5.41, 5.74) is -0.814. The average molecular weight is 312 g/mol. The van der Waals surface area contributed by atoms with Crippen molar-refractivity contribution in [2.75, 3.05) is 13.2 Å². The van der Waals surface area contributed by atoms with Crippen LogP contribution >= 0.6 is 11.6 Å². The Kier molecular flexibility index (Phi) is 5.88. The van der Waals surface area contributed by atoms with Crippen LogP contribution in [-0.4, -0.2) is 29.8 Å². The second-order valence-corrected chi connectivity index (χ2v) is 6.00. The summed E-state index contributed by atoms with van der Waals surface area (Å²) in [5.74, 6) is 0.487. The van der Waals surface area contributed by atoms with E-state index in [1.54, 1.807) is 12.1 Å². The fourth-order valence-corrected chi connectivity index (χ4v) is 2.85. The molecule has 21 heavy (non-hydrogen) atoms. The predicted octanol–water partition coefficient (Wildman–Crippen LogP) is 2.92. The molecule has 0 atom stereocenters. The van der Waals surface area contributed by atoms with Gasteiger partial charge in [-0.1, -0.05) is 43.0 Å². The van der Waals surface area contributed by atoms with E-state index in [2.05, 4.69) is 5.32 Å². The van der Waals surface area contributed by atoms with Crippen molar-refractivity contribution >= 4 is 17.5 Å². The number of carbonyl (C=O) groups excluding carboxylic acids is 1. The lowest BCUT2D eigenvalue weighted by molar-refractivity contribution is -0.127. The molecule has 1 aliphatic rings. The van der Waals surface area contributed by atoms with Crippen molar-refractivity contribution in [2.45, 2.75) is 44.1 Å². The van der Waals surface area contributed by atoms with Gasteiger partial charge in [-0.3, -0.25) is 4.79 Å². The van der Waals surface area contributed by atoms with Crippen molar-refractivity contribution in [1.82, 2.24) is 5.32 Å². The largest absolute Gasteiger partial charge is 0.490 e. The molecule has 1 aromatic carbocycles. The Bertz CT molecular complexity index is 472. The first-order valence-corrected chi connectivity index (χ1v) is 7.83. The van der Waals surface area contributed by atoms with E-state index in [1.807, 2.05) is 12.1 Å². The number of amides is 1. The van der Waals surface area contributed by atoms with Crippen molar-refractivity contribution < 1.29 is 14.6 Å². The number of para-hydroxylation sites is 1. The molecular formula is C16H22ClNO3. The van der Waals surface area contributed by atoms with Gasteiger partial charge in [0.25, 0.3) is 0 Å². The van der Waals surface area contributed by atoms with Crippen LogP contribution in [0.15, 0.2) is 24.3 Å². The van der Waals surface area contributed by atoms with E-state index in [1.165, 1.54) is 0 Å². The highest BCUT2D eigenvalue weighted by Gasteiger charge is 2.31. The Morgan fingerprint density at radius 3 is 2.71 bits per heavy atom. The quantitative estimate of drug-likeness (QED) is 0.794. The minimum atomic E-state index is -0.814. The van der Waals surface area contributed by atoms with Gasteiger partial charge >= 0.3 is 0 Å². The van der Waals surface area contributed by atoms with Crippen LogP contribution in [0.4, 0.5) is 0 Å². The molecule has 0 aliphatic heterocycles. The molecule has 5 heteroatoms. The first kappa shape index (κ1) is 16.1. The summed E-state index contributed by atoms with van der Waals surface area (Å²) in [5, 5.41) is 13.6. The fraction of sp³-hybridized carbons (Fsp3) is 0.562. The number of benzene rings is 1. The third kappa shape index (κ3) is 5.21. The first-order valence-electron chi connectivity index (χ1n) is 7.45. The maximum Gasteiger partial charge on any atom is 0.223 e. The normalized spacial score (nSPS) is 17.2. The van der Waals surface area contributed by atoms with Crippen LogP contribution in [0, 0.1) is 0 Å². The van der Waals surface area contributed by atoms with Gasteiger partial charge in [-0.2, -0.15) is 0 Å². The zero-order chi connectivity index (χ0) is 15.1. The fourth-order valence-electron chi connectivity index (χ4n) is 2.66. The summed E-state index contributed by atoms with van der Waals surface area (Å²) >= 11 is 5.97. The molecule has 0 saturated heterocycles. The van der Waals surface area contributed by atoms with E-state index in [0.717, 1.165) is 32.1 Å². The Morgan fingerprint density at radius 2 is 2.00 bits per heavy atom. The first-order chi connectivity index (χ1) is 10.1. The zero-order valence-corrected chi connectivity index (χ0v) is 12.9. The standard InChI is InChI=1S/C16H22ClNO3/c17-13-6-2-3-7-14(13)21-11-10-18-15(19)12-16(20)8-4-1-5-9-16/h2-3,6-7,20H,1,4-5,8-12H2,(H,18,19). The minimum absolute atomic E-state index is 0.123. The molecule has 2 rings (SSSR count). The molecule has 2 N–H and O–H groups in total. The second kappa shape index (κ2) is 7.66. The molecule has 1 aliphatic carbocycles. The number of rotatable bonds is 6. The number of carbonyl (C=O) groups is 1. The number of ether oxygens (including phenoxy) is 1. The van der Waals surface area contributed by atoms with Crippen molar-refractivity contribution in [3.8, 4) is 5.75 Å². The summed E-state index contributed by atoms with van der Waals surface area (Å²) in [7, 11) is 0. The molecule has 4 nitrogen and oxygen atoms in total. The van der Waals surface area contributed by atoms with Crippen molar-refractivity contribution in [3.05, 3.63) is 29.3 Å². The lowest BCUT2D eigenvalue weighted by atomic mass is 9.82. The summed E-state index contributed by atoms with van der Waals surface area (Å²) < 4.78 is 5.49. The van der Waals surface area contributed by atoms with Crippen LogP contribution < -0.4 is 10.1 Å². The van der Waals surface area contributed by atoms with Crippen LogP contribution in [0.3, 0.4) is 0 Å². The molecule has 0 radical (unpaired) electrons. The maximum absolute atomic E-state index is 11.8. The molecule has 0 bridgehead atoms. The second-order valence-electron chi connectivity index (χ2n) is 5.59. The number of nitrogens with one attached hydrogen (secondary N) is 1. The summed E-state index contributed by atoms with van der Waals surface area (Å²) in [6.45, 7) is 0.758.